The van der Waals surface area contributed by atoms with Gasteiger partial charge in [-0.15, -0.1) is 0 Å². The molecule has 4 nitrogen and oxygen atoms in total. The number of rotatable bonds is 5. The van der Waals surface area contributed by atoms with Gasteiger partial charge in [-0.1, -0.05) is 98.8 Å². The van der Waals surface area contributed by atoms with Crippen LogP contribution < -0.4 is 9.80 Å². The van der Waals surface area contributed by atoms with Crippen LogP contribution in [-0.4, -0.2) is 21.8 Å². The summed E-state index contributed by atoms with van der Waals surface area (Å²) in [5.74, 6) is 0.922. The normalized spacial score (nSPS) is 13.5. The first-order valence-electron chi connectivity index (χ1n) is 16.5. The molecule has 1 aliphatic heterocycles. The van der Waals surface area contributed by atoms with E-state index in [0.717, 1.165) is 23.6 Å². The number of nitrogens with zero attached hydrogens (tertiary/aromatic N) is 4. The van der Waals surface area contributed by atoms with Crippen molar-refractivity contribution in [2.75, 3.05) is 16.5 Å². The molecular weight excluding hydrogens is 573 g/mol. The molecule has 0 bridgehead atoms. The average Bonchev–Trinajstić information content (AvgIpc) is 3.65. The summed E-state index contributed by atoms with van der Waals surface area (Å²) >= 11 is 0. The maximum absolute atomic E-state index is 4.91. The van der Waals surface area contributed by atoms with Gasteiger partial charge < -0.3 is 9.80 Å². The van der Waals surface area contributed by atoms with Crippen molar-refractivity contribution in [3.8, 4) is 16.9 Å². The van der Waals surface area contributed by atoms with Gasteiger partial charge in [0.25, 0.3) is 0 Å². The molecule has 8 rings (SSSR count). The third-order valence-electron chi connectivity index (χ3n) is 9.91. The fourth-order valence-corrected chi connectivity index (χ4v) is 7.19. The molecule has 0 aliphatic carbocycles. The van der Waals surface area contributed by atoms with Crippen molar-refractivity contribution >= 4 is 38.9 Å². The summed E-state index contributed by atoms with van der Waals surface area (Å²) < 4.78 is 2.33. The Morgan fingerprint density at radius 3 is 2.06 bits per heavy atom. The van der Waals surface area contributed by atoms with E-state index in [-0.39, 0.29) is 11.0 Å². The first-order chi connectivity index (χ1) is 22.7. The van der Waals surface area contributed by atoms with Gasteiger partial charge in [0.15, 0.2) is 0 Å². The van der Waals surface area contributed by atoms with Crippen molar-refractivity contribution in [2.45, 2.75) is 45.6 Å². The minimum atomic E-state index is -0.242. The quantitative estimate of drug-likeness (QED) is 0.193. The minimum absolute atomic E-state index is 0.0189. The molecule has 0 radical (unpaired) electrons. The van der Waals surface area contributed by atoms with E-state index in [4.69, 9.17) is 4.98 Å². The van der Waals surface area contributed by atoms with Crippen LogP contribution in [-0.2, 0) is 5.41 Å². The third-order valence-corrected chi connectivity index (χ3v) is 9.91. The second-order valence-electron chi connectivity index (χ2n) is 14.2. The molecule has 0 atom stereocenters. The van der Waals surface area contributed by atoms with E-state index < -0.39 is 0 Å². The highest BCUT2D eigenvalue weighted by molar-refractivity contribution is 6.09. The molecule has 0 spiro atoms. The van der Waals surface area contributed by atoms with Crippen LogP contribution >= 0.6 is 0 Å². The van der Waals surface area contributed by atoms with Crippen LogP contribution in [0.15, 0.2) is 140 Å². The predicted molar refractivity (Wildman–Crippen MR) is 198 cm³/mol. The Morgan fingerprint density at radius 1 is 0.553 bits per heavy atom. The molecule has 0 unspecified atom stereocenters. The molecule has 232 valence electrons. The van der Waals surface area contributed by atoms with E-state index in [1.54, 1.807) is 0 Å². The van der Waals surface area contributed by atoms with Crippen molar-refractivity contribution in [3.63, 3.8) is 0 Å². The van der Waals surface area contributed by atoms with Crippen molar-refractivity contribution < 1.29 is 0 Å². The van der Waals surface area contributed by atoms with Crippen LogP contribution in [0.4, 0.5) is 17.1 Å². The Kier molecular flexibility index (Phi) is 6.73. The zero-order valence-corrected chi connectivity index (χ0v) is 27.8. The number of para-hydroxylation sites is 3. The molecule has 47 heavy (non-hydrogen) atoms. The molecule has 0 amide bonds. The van der Waals surface area contributed by atoms with Crippen LogP contribution in [0.3, 0.4) is 0 Å². The van der Waals surface area contributed by atoms with Crippen LogP contribution in [0, 0.1) is 0 Å². The lowest BCUT2D eigenvalue weighted by atomic mass is 9.77. The van der Waals surface area contributed by atoms with E-state index in [1.807, 2.05) is 6.20 Å². The zero-order chi connectivity index (χ0) is 32.3. The molecular formula is C43H40N4. The first kappa shape index (κ1) is 29.1. The number of fused-ring (bicyclic) bond motifs is 4. The zero-order valence-electron chi connectivity index (χ0n) is 27.8. The predicted octanol–water partition coefficient (Wildman–Crippen LogP) is 10.9. The molecule has 0 fully saturated rings. The van der Waals surface area contributed by atoms with Crippen LogP contribution in [0.2, 0.25) is 0 Å². The lowest BCUT2D eigenvalue weighted by molar-refractivity contribution is 0.518. The van der Waals surface area contributed by atoms with Crippen LogP contribution in [0.1, 0.15) is 45.7 Å². The highest BCUT2D eigenvalue weighted by Crippen LogP contribution is 2.45. The van der Waals surface area contributed by atoms with Crippen molar-refractivity contribution in [1.29, 1.82) is 0 Å². The Bertz CT molecular complexity index is 2250. The summed E-state index contributed by atoms with van der Waals surface area (Å²) in [6.07, 6.45) is 1.93. The number of benzene rings is 5. The highest BCUT2D eigenvalue weighted by atomic mass is 15.4. The van der Waals surface area contributed by atoms with Crippen LogP contribution in [0.5, 0.6) is 0 Å². The van der Waals surface area contributed by atoms with Gasteiger partial charge in [0.2, 0.25) is 0 Å². The second kappa shape index (κ2) is 10.9. The second-order valence-corrected chi connectivity index (χ2v) is 14.2. The van der Waals surface area contributed by atoms with E-state index in [1.165, 1.54) is 50.0 Å². The van der Waals surface area contributed by atoms with E-state index >= 15 is 0 Å². The molecule has 2 aromatic heterocycles. The summed E-state index contributed by atoms with van der Waals surface area (Å²) in [5.41, 5.74) is 10.8. The largest absolute Gasteiger partial charge is 0.347 e. The fourth-order valence-electron chi connectivity index (χ4n) is 7.19. The molecule has 7 aromatic rings. The van der Waals surface area contributed by atoms with Gasteiger partial charge in [0, 0.05) is 33.6 Å². The van der Waals surface area contributed by atoms with Crippen LogP contribution in [0.25, 0.3) is 38.8 Å². The summed E-state index contributed by atoms with van der Waals surface area (Å²) in [6.45, 7) is 12.4. The summed E-state index contributed by atoms with van der Waals surface area (Å²) in [5, 5.41) is 2.47. The number of anilines is 3. The van der Waals surface area contributed by atoms with Gasteiger partial charge in [0.1, 0.15) is 5.82 Å². The van der Waals surface area contributed by atoms with Gasteiger partial charge in [-0.2, -0.15) is 0 Å². The maximum Gasteiger partial charge on any atom is 0.138 e. The van der Waals surface area contributed by atoms with Gasteiger partial charge >= 0.3 is 0 Å². The van der Waals surface area contributed by atoms with Gasteiger partial charge in [0.05, 0.1) is 29.1 Å². The van der Waals surface area contributed by atoms with Gasteiger partial charge in [-0.3, -0.25) is 4.57 Å². The maximum atomic E-state index is 4.91. The van der Waals surface area contributed by atoms with Gasteiger partial charge in [-0.05, 0) is 91.6 Å². The molecule has 4 heteroatoms. The first-order valence-corrected chi connectivity index (χ1v) is 16.5. The average molecular weight is 613 g/mol. The summed E-state index contributed by atoms with van der Waals surface area (Å²) in [6, 6.07) is 48.4. The number of aromatic nitrogens is 2. The Morgan fingerprint density at radius 2 is 1.26 bits per heavy atom. The Balaban J connectivity index is 1.23. The van der Waals surface area contributed by atoms with Crippen molar-refractivity contribution in [1.82, 2.24) is 9.55 Å². The third kappa shape index (κ3) is 4.87. The summed E-state index contributed by atoms with van der Waals surface area (Å²) in [4.78, 5) is 9.85. The monoisotopic (exact) mass is 612 g/mol. The number of pyridine rings is 1. The van der Waals surface area contributed by atoms with Crippen molar-refractivity contribution in [2.24, 2.45) is 0 Å². The molecule has 1 aliphatic rings. The Labute approximate surface area is 277 Å². The lowest BCUT2D eigenvalue weighted by Crippen LogP contribution is -2.42. The topological polar surface area (TPSA) is 24.3 Å². The van der Waals surface area contributed by atoms with Gasteiger partial charge in [-0.25, -0.2) is 4.98 Å². The van der Waals surface area contributed by atoms with E-state index in [2.05, 4.69) is 182 Å². The molecule has 0 saturated heterocycles. The molecule has 0 saturated carbocycles. The van der Waals surface area contributed by atoms with Crippen molar-refractivity contribution in [3.05, 3.63) is 151 Å². The molecule has 0 N–H and O–H groups in total. The Hall–Kier alpha value is -5.35. The number of hydrogen-bond donors (Lipinski definition) is 0. The minimum Gasteiger partial charge on any atom is -0.347 e. The molecule has 3 heterocycles. The standard InChI is InChI=1S/C43H40N4/c1-42(2,3)46-29-45(38-20-11-12-21-39(38)46)34-17-13-16-32(27-34)43(4,5)33-22-23-36-35-18-9-10-19-37(35)47(40(36)28-33)41-26-31(24-25-44-41)30-14-7-6-8-15-30/h6-28H,29H2,1-5H3. The molecule has 5 aromatic carbocycles. The smallest absolute Gasteiger partial charge is 0.138 e. The SMILES string of the molecule is CC(C)(c1cccc(N2CN(C(C)(C)C)c3ccccc32)c1)c1ccc2c3ccccc3n(-c3cc(-c4ccccc4)ccn3)c2c1. The lowest BCUT2D eigenvalue weighted by Gasteiger charge is -2.34. The van der Waals surface area contributed by atoms with E-state index in [9.17, 15) is 0 Å². The van der Waals surface area contributed by atoms with E-state index in [0.29, 0.717) is 0 Å². The fraction of sp³-hybridized carbons (Fsp3) is 0.186. The number of hydrogen-bond acceptors (Lipinski definition) is 3. The summed E-state index contributed by atoms with van der Waals surface area (Å²) in [7, 11) is 0. The highest BCUT2D eigenvalue weighted by Gasteiger charge is 2.34.